The van der Waals surface area contributed by atoms with Crippen LogP contribution in [-0.2, 0) is 16.6 Å². The Balaban J connectivity index is 2.03. The first-order chi connectivity index (χ1) is 9.53. The Morgan fingerprint density at radius 2 is 2.10 bits per heavy atom. The summed E-state index contributed by atoms with van der Waals surface area (Å²) in [5.41, 5.74) is 0.893. The average molecular weight is 299 g/mol. The Bertz CT molecular complexity index is 524. The maximum absolute atomic E-state index is 12.4. The molecule has 1 aliphatic carbocycles. The SMILES string of the molecule is CCNCc1cc(S(=O)(=O)NC2CCCCC2C)c[nH]1. The molecule has 1 aromatic heterocycles. The zero-order valence-corrected chi connectivity index (χ0v) is 13.1. The molecule has 5 nitrogen and oxygen atoms in total. The number of H-pyrrole nitrogens is 1. The molecule has 6 heteroatoms. The molecule has 20 heavy (non-hydrogen) atoms. The van der Waals surface area contributed by atoms with Crippen LogP contribution in [0.5, 0.6) is 0 Å². The van der Waals surface area contributed by atoms with Crippen LogP contribution in [0.25, 0.3) is 0 Å². The number of aromatic amines is 1. The molecule has 2 rings (SSSR count). The lowest BCUT2D eigenvalue weighted by molar-refractivity contribution is 0.310. The topological polar surface area (TPSA) is 74.0 Å². The van der Waals surface area contributed by atoms with Crippen molar-refractivity contribution in [3.05, 3.63) is 18.0 Å². The van der Waals surface area contributed by atoms with Gasteiger partial charge >= 0.3 is 0 Å². The first-order valence-corrected chi connectivity index (χ1v) is 8.91. The molecule has 0 amide bonds. The largest absolute Gasteiger partial charge is 0.363 e. The van der Waals surface area contributed by atoms with Crippen molar-refractivity contribution >= 4 is 10.0 Å². The summed E-state index contributed by atoms with van der Waals surface area (Å²) in [7, 11) is -3.41. The van der Waals surface area contributed by atoms with Crippen molar-refractivity contribution in [1.82, 2.24) is 15.0 Å². The van der Waals surface area contributed by atoms with Gasteiger partial charge in [-0.3, -0.25) is 0 Å². The number of sulfonamides is 1. The molecule has 2 unspecified atom stereocenters. The van der Waals surface area contributed by atoms with Crippen LogP contribution in [-0.4, -0.2) is 26.0 Å². The molecular formula is C14H25N3O2S. The van der Waals surface area contributed by atoms with Gasteiger partial charge in [-0.25, -0.2) is 13.1 Å². The monoisotopic (exact) mass is 299 g/mol. The third kappa shape index (κ3) is 3.84. The predicted octanol–water partition coefficient (Wildman–Crippen LogP) is 1.98. The van der Waals surface area contributed by atoms with Crippen LogP contribution in [0.3, 0.4) is 0 Å². The van der Waals surface area contributed by atoms with Crippen molar-refractivity contribution in [2.24, 2.45) is 5.92 Å². The van der Waals surface area contributed by atoms with Gasteiger partial charge in [0.25, 0.3) is 0 Å². The van der Waals surface area contributed by atoms with E-state index in [-0.39, 0.29) is 6.04 Å². The number of nitrogens with one attached hydrogen (secondary N) is 3. The van der Waals surface area contributed by atoms with E-state index in [0.717, 1.165) is 31.5 Å². The molecule has 1 fully saturated rings. The fraction of sp³-hybridized carbons (Fsp3) is 0.714. The van der Waals surface area contributed by atoms with Gasteiger partial charge in [0.05, 0.1) is 4.90 Å². The van der Waals surface area contributed by atoms with E-state index < -0.39 is 10.0 Å². The lowest BCUT2D eigenvalue weighted by Crippen LogP contribution is -2.40. The van der Waals surface area contributed by atoms with E-state index in [4.69, 9.17) is 0 Å². The second kappa shape index (κ2) is 6.74. The number of rotatable bonds is 6. The Morgan fingerprint density at radius 1 is 1.35 bits per heavy atom. The molecule has 114 valence electrons. The van der Waals surface area contributed by atoms with E-state index in [1.807, 2.05) is 6.92 Å². The van der Waals surface area contributed by atoms with Gasteiger partial charge in [-0.2, -0.15) is 0 Å². The second-order valence-electron chi connectivity index (χ2n) is 5.63. The quantitative estimate of drug-likeness (QED) is 0.752. The fourth-order valence-corrected chi connectivity index (χ4v) is 4.09. The molecule has 0 aliphatic heterocycles. The fourth-order valence-electron chi connectivity index (χ4n) is 2.69. The summed E-state index contributed by atoms with van der Waals surface area (Å²) >= 11 is 0. The summed E-state index contributed by atoms with van der Waals surface area (Å²) in [5.74, 6) is 0.415. The molecule has 0 spiro atoms. The summed E-state index contributed by atoms with van der Waals surface area (Å²) in [4.78, 5) is 3.35. The zero-order chi connectivity index (χ0) is 14.6. The second-order valence-corrected chi connectivity index (χ2v) is 7.34. The van der Waals surface area contributed by atoms with Crippen LogP contribution in [0.4, 0.5) is 0 Å². The minimum atomic E-state index is -3.41. The Labute approximate surface area is 121 Å². The van der Waals surface area contributed by atoms with E-state index >= 15 is 0 Å². The highest BCUT2D eigenvalue weighted by Crippen LogP contribution is 2.25. The van der Waals surface area contributed by atoms with E-state index in [9.17, 15) is 8.42 Å². The number of hydrogen-bond donors (Lipinski definition) is 3. The van der Waals surface area contributed by atoms with Crippen LogP contribution < -0.4 is 10.0 Å². The van der Waals surface area contributed by atoms with Gasteiger partial charge in [0.15, 0.2) is 0 Å². The Hall–Kier alpha value is -0.850. The van der Waals surface area contributed by atoms with Crippen LogP contribution in [0, 0.1) is 5.92 Å². The van der Waals surface area contributed by atoms with Crippen LogP contribution in [0.1, 0.15) is 45.2 Å². The molecule has 0 saturated heterocycles. The highest BCUT2D eigenvalue weighted by atomic mass is 32.2. The van der Waals surface area contributed by atoms with Gasteiger partial charge in [0.2, 0.25) is 10.0 Å². The van der Waals surface area contributed by atoms with Crippen molar-refractivity contribution in [2.45, 2.75) is 57.0 Å². The molecule has 1 saturated carbocycles. The molecule has 0 bridgehead atoms. The highest BCUT2D eigenvalue weighted by Gasteiger charge is 2.27. The van der Waals surface area contributed by atoms with Crippen molar-refractivity contribution in [1.29, 1.82) is 0 Å². The van der Waals surface area contributed by atoms with Crippen LogP contribution >= 0.6 is 0 Å². The Kier molecular flexibility index (Phi) is 5.23. The molecule has 3 N–H and O–H groups in total. The molecule has 1 aromatic rings. The Morgan fingerprint density at radius 3 is 2.80 bits per heavy atom. The van der Waals surface area contributed by atoms with E-state index in [0.29, 0.717) is 17.4 Å². The molecular weight excluding hydrogens is 274 g/mol. The summed E-state index contributed by atoms with van der Waals surface area (Å²) in [6.45, 7) is 5.66. The summed E-state index contributed by atoms with van der Waals surface area (Å²) < 4.78 is 27.6. The van der Waals surface area contributed by atoms with Gasteiger partial charge in [0, 0.05) is 24.5 Å². The maximum atomic E-state index is 12.4. The average Bonchev–Trinajstić information content (AvgIpc) is 2.88. The summed E-state index contributed by atoms with van der Waals surface area (Å²) in [6, 6.07) is 1.78. The van der Waals surface area contributed by atoms with Gasteiger partial charge in [-0.05, 0) is 31.4 Å². The number of aromatic nitrogens is 1. The molecule has 2 atom stereocenters. The smallest absolute Gasteiger partial charge is 0.242 e. The first-order valence-electron chi connectivity index (χ1n) is 7.43. The maximum Gasteiger partial charge on any atom is 0.242 e. The van der Waals surface area contributed by atoms with E-state index in [1.165, 1.54) is 6.42 Å². The highest BCUT2D eigenvalue weighted by molar-refractivity contribution is 7.89. The first kappa shape index (κ1) is 15.5. The molecule has 1 aliphatic rings. The predicted molar refractivity (Wildman–Crippen MR) is 79.9 cm³/mol. The van der Waals surface area contributed by atoms with E-state index in [2.05, 4.69) is 21.9 Å². The lowest BCUT2D eigenvalue weighted by atomic mass is 9.87. The van der Waals surface area contributed by atoms with Crippen molar-refractivity contribution in [3.8, 4) is 0 Å². The normalized spacial score (nSPS) is 23.9. The minimum Gasteiger partial charge on any atom is -0.363 e. The molecule has 0 radical (unpaired) electrons. The zero-order valence-electron chi connectivity index (χ0n) is 12.3. The third-order valence-electron chi connectivity index (χ3n) is 4.01. The molecule has 1 heterocycles. The van der Waals surface area contributed by atoms with Crippen molar-refractivity contribution < 1.29 is 8.42 Å². The van der Waals surface area contributed by atoms with Crippen molar-refractivity contribution in [3.63, 3.8) is 0 Å². The standard InChI is InChI=1S/C14H25N3O2S/c1-3-15-9-12-8-13(10-16-12)20(18,19)17-14-7-5-4-6-11(14)2/h8,10-11,14-17H,3-7,9H2,1-2H3. The van der Waals surface area contributed by atoms with Gasteiger partial charge in [-0.1, -0.05) is 26.7 Å². The third-order valence-corrected chi connectivity index (χ3v) is 5.48. The van der Waals surface area contributed by atoms with Gasteiger partial charge in [0.1, 0.15) is 0 Å². The van der Waals surface area contributed by atoms with Crippen molar-refractivity contribution in [2.75, 3.05) is 6.54 Å². The van der Waals surface area contributed by atoms with E-state index in [1.54, 1.807) is 12.3 Å². The van der Waals surface area contributed by atoms with Gasteiger partial charge in [-0.15, -0.1) is 0 Å². The minimum absolute atomic E-state index is 0.0702. The lowest BCUT2D eigenvalue weighted by Gasteiger charge is -2.29. The van der Waals surface area contributed by atoms with Crippen LogP contribution in [0.15, 0.2) is 17.2 Å². The van der Waals surface area contributed by atoms with Gasteiger partial charge < -0.3 is 10.3 Å². The van der Waals surface area contributed by atoms with Crippen LogP contribution in [0.2, 0.25) is 0 Å². The summed E-state index contributed by atoms with van der Waals surface area (Å²) in [5, 5.41) is 3.17. The molecule has 0 aromatic carbocycles. The number of hydrogen-bond acceptors (Lipinski definition) is 3. The summed E-state index contributed by atoms with van der Waals surface area (Å²) in [6.07, 6.45) is 5.93.